The molecule has 1 heterocycles. The second-order valence-electron chi connectivity index (χ2n) is 2.84. The molecule has 1 aromatic rings. The Hall–Kier alpha value is -1.10. The standard InChI is InChI=1S/C7H14N4O/c1-4-5(8)6-9-11(3)7(12)10(6)2/h5H,4,8H2,1-3H3. The van der Waals surface area contributed by atoms with Gasteiger partial charge in [0.2, 0.25) is 0 Å². The molecule has 12 heavy (non-hydrogen) atoms. The van der Waals surface area contributed by atoms with Gasteiger partial charge < -0.3 is 5.73 Å². The molecule has 0 radical (unpaired) electrons. The molecule has 0 bridgehead atoms. The topological polar surface area (TPSA) is 65.8 Å². The minimum absolute atomic E-state index is 0.131. The van der Waals surface area contributed by atoms with E-state index in [1.807, 2.05) is 6.92 Å². The van der Waals surface area contributed by atoms with Crippen LogP contribution in [0.15, 0.2) is 4.79 Å². The molecule has 0 aliphatic rings. The van der Waals surface area contributed by atoms with Crippen molar-refractivity contribution in [3.63, 3.8) is 0 Å². The molecule has 5 heteroatoms. The predicted octanol–water partition coefficient (Wildman–Crippen LogP) is -0.471. The molecule has 0 fully saturated rings. The van der Waals surface area contributed by atoms with E-state index >= 15 is 0 Å². The maximum absolute atomic E-state index is 11.2. The number of rotatable bonds is 2. The number of nitrogens with zero attached hydrogens (tertiary/aromatic N) is 3. The van der Waals surface area contributed by atoms with Gasteiger partial charge in [-0.15, -0.1) is 0 Å². The van der Waals surface area contributed by atoms with E-state index in [1.54, 1.807) is 14.1 Å². The third kappa shape index (κ3) is 1.27. The van der Waals surface area contributed by atoms with Crippen molar-refractivity contribution in [3.05, 3.63) is 16.3 Å². The number of aromatic nitrogens is 3. The molecule has 1 rings (SSSR count). The molecule has 0 spiro atoms. The van der Waals surface area contributed by atoms with Crippen LogP contribution in [0.5, 0.6) is 0 Å². The Morgan fingerprint density at radius 1 is 1.58 bits per heavy atom. The summed E-state index contributed by atoms with van der Waals surface area (Å²) >= 11 is 0. The van der Waals surface area contributed by atoms with E-state index in [9.17, 15) is 4.79 Å². The molecule has 1 atom stereocenters. The first-order valence-corrected chi connectivity index (χ1v) is 3.93. The zero-order chi connectivity index (χ0) is 9.30. The lowest BCUT2D eigenvalue weighted by Crippen LogP contribution is -2.22. The Balaban J connectivity index is 3.18. The lowest BCUT2D eigenvalue weighted by molar-refractivity contribution is 0.606. The third-order valence-corrected chi connectivity index (χ3v) is 1.93. The fraction of sp³-hybridized carbons (Fsp3) is 0.714. The van der Waals surface area contributed by atoms with Crippen LogP contribution < -0.4 is 11.4 Å². The molecular formula is C7H14N4O. The van der Waals surface area contributed by atoms with E-state index in [4.69, 9.17) is 5.73 Å². The fourth-order valence-corrected chi connectivity index (χ4v) is 1.08. The Kier molecular flexibility index (Phi) is 2.32. The van der Waals surface area contributed by atoms with Gasteiger partial charge in [0.05, 0.1) is 6.04 Å². The van der Waals surface area contributed by atoms with Crippen LogP contribution in [0.25, 0.3) is 0 Å². The summed E-state index contributed by atoms with van der Waals surface area (Å²) < 4.78 is 2.78. The van der Waals surface area contributed by atoms with E-state index in [-0.39, 0.29) is 11.7 Å². The molecule has 0 aliphatic heterocycles. The minimum atomic E-state index is -0.149. The number of nitrogens with two attached hydrogens (primary N) is 1. The van der Waals surface area contributed by atoms with Crippen LogP contribution in [-0.4, -0.2) is 14.3 Å². The molecule has 0 aromatic carbocycles. The van der Waals surface area contributed by atoms with Crippen molar-refractivity contribution in [2.45, 2.75) is 19.4 Å². The Morgan fingerprint density at radius 3 is 2.50 bits per heavy atom. The average molecular weight is 170 g/mol. The van der Waals surface area contributed by atoms with E-state index in [2.05, 4.69) is 5.10 Å². The average Bonchev–Trinajstić information content (AvgIpc) is 2.32. The highest BCUT2D eigenvalue weighted by Crippen LogP contribution is 2.06. The molecule has 5 nitrogen and oxygen atoms in total. The van der Waals surface area contributed by atoms with Gasteiger partial charge in [0.1, 0.15) is 5.82 Å². The van der Waals surface area contributed by atoms with Crippen molar-refractivity contribution in [1.29, 1.82) is 0 Å². The normalized spacial score (nSPS) is 13.3. The highest BCUT2D eigenvalue weighted by Gasteiger charge is 2.12. The smallest absolute Gasteiger partial charge is 0.321 e. The first-order valence-electron chi connectivity index (χ1n) is 3.93. The lowest BCUT2D eigenvalue weighted by atomic mass is 10.2. The molecule has 2 N–H and O–H groups in total. The lowest BCUT2D eigenvalue weighted by Gasteiger charge is -2.05. The van der Waals surface area contributed by atoms with E-state index in [1.165, 1.54) is 9.25 Å². The molecular weight excluding hydrogens is 156 g/mol. The van der Waals surface area contributed by atoms with Crippen LogP contribution in [0.4, 0.5) is 0 Å². The first-order chi connectivity index (χ1) is 5.57. The highest BCUT2D eigenvalue weighted by molar-refractivity contribution is 4.92. The van der Waals surface area contributed by atoms with Gasteiger partial charge in [-0.2, -0.15) is 5.10 Å². The molecule has 0 saturated heterocycles. The monoisotopic (exact) mass is 170 g/mol. The zero-order valence-corrected chi connectivity index (χ0v) is 7.61. The maximum Gasteiger partial charge on any atom is 0.345 e. The van der Waals surface area contributed by atoms with Gasteiger partial charge in [-0.25, -0.2) is 9.48 Å². The van der Waals surface area contributed by atoms with Crippen molar-refractivity contribution in [3.8, 4) is 0 Å². The van der Waals surface area contributed by atoms with Gasteiger partial charge in [0.25, 0.3) is 0 Å². The van der Waals surface area contributed by atoms with Gasteiger partial charge in [-0.3, -0.25) is 4.57 Å². The highest BCUT2D eigenvalue weighted by atomic mass is 16.2. The molecule has 1 aromatic heterocycles. The third-order valence-electron chi connectivity index (χ3n) is 1.93. The van der Waals surface area contributed by atoms with Crippen molar-refractivity contribution >= 4 is 0 Å². The van der Waals surface area contributed by atoms with Crippen molar-refractivity contribution < 1.29 is 0 Å². The number of hydrogen-bond acceptors (Lipinski definition) is 3. The fourth-order valence-electron chi connectivity index (χ4n) is 1.08. The Bertz CT molecular complexity index is 325. The molecule has 0 aliphatic carbocycles. The minimum Gasteiger partial charge on any atom is -0.321 e. The molecule has 1 unspecified atom stereocenters. The Labute approximate surface area is 70.8 Å². The van der Waals surface area contributed by atoms with E-state index < -0.39 is 0 Å². The van der Waals surface area contributed by atoms with Crippen LogP contribution in [0.2, 0.25) is 0 Å². The van der Waals surface area contributed by atoms with Gasteiger partial charge in [-0.05, 0) is 6.42 Å². The zero-order valence-electron chi connectivity index (χ0n) is 7.61. The second kappa shape index (κ2) is 3.10. The summed E-state index contributed by atoms with van der Waals surface area (Å²) in [5, 5.41) is 4.02. The van der Waals surface area contributed by atoms with Gasteiger partial charge >= 0.3 is 5.69 Å². The quantitative estimate of drug-likeness (QED) is 0.652. The summed E-state index contributed by atoms with van der Waals surface area (Å²) in [6.07, 6.45) is 0.782. The summed E-state index contributed by atoms with van der Waals surface area (Å²) in [6, 6.07) is -0.149. The maximum atomic E-state index is 11.2. The Morgan fingerprint density at radius 2 is 2.17 bits per heavy atom. The van der Waals surface area contributed by atoms with Crippen LogP contribution in [-0.2, 0) is 14.1 Å². The van der Waals surface area contributed by atoms with E-state index in [0.717, 1.165) is 6.42 Å². The van der Waals surface area contributed by atoms with Crippen molar-refractivity contribution in [2.24, 2.45) is 19.8 Å². The summed E-state index contributed by atoms with van der Waals surface area (Å²) in [6.45, 7) is 1.96. The molecule has 0 saturated carbocycles. The van der Waals surface area contributed by atoms with Gasteiger partial charge in [0, 0.05) is 14.1 Å². The summed E-state index contributed by atoms with van der Waals surface area (Å²) in [4.78, 5) is 11.2. The first kappa shape index (κ1) is 8.99. The summed E-state index contributed by atoms with van der Waals surface area (Å²) in [5.74, 6) is 0.644. The number of aryl methyl sites for hydroxylation is 1. The van der Waals surface area contributed by atoms with Crippen LogP contribution in [0, 0.1) is 0 Å². The van der Waals surface area contributed by atoms with Crippen molar-refractivity contribution in [1.82, 2.24) is 14.3 Å². The van der Waals surface area contributed by atoms with Gasteiger partial charge in [-0.1, -0.05) is 6.92 Å². The van der Waals surface area contributed by atoms with Crippen molar-refractivity contribution in [2.75, 3.05) is 0 Å². The van der Waals surface area contributed by atoms with E-state index in [0.29, 0.717) is 5.82 Å². The summed E-state index contributed by atoms with van der Waals surface area (Å²) in [5.41, 5.74) is 5.61. The largest absolute Gasteiger partial charge is 0.345 e. The van der Waals surface area contributed by atoms with Crippen LogP contribution >= 0.6 is 0 Å². The molecule has 68 valence electrons. The van der Waals surface area contributed by atoms with Gasteiger partial charge in [0.15, 0.2) is 0 Å². The number of hydrogen-bond donors (Lipinski definition) is 1. The molecule has 0 amide bonds. The SMILES string of the molecule is CCC(N)c1nn(C)c(=O)n1C. The van der Waals surface area contributed by atoms with Crippen LogP contribution in [0.1, 0.15) is 25.2 Å². The van der Waals surface area contributed by atoms with Crippen LogP contribution in [0.3, 0.4) is 0 Å². The summed E-state index contributed by atoms with van der Waals surface area (Å²) in [7, 11) is 3.30. The second-order valence-corrected chi connectivity index (χ2v) is 2.84. The predicted molar refractivity (Wildman–Crippen MR) is 45.7 cm³/mol.